The first-order valence-corrected chi connectivity index (χ1v) is 13.7. The fourth-order valence-corrected chi connectivity index (χ4v) is 5.79. The van der Waals surface area contributed by atoms with Gasteiger partial charge in [0.05, 0.1) is 11.7 Å². The van der Waals surface area contributed by atoms with Crippen LogP contribution in [-0.2, 0) is 23.1 Å². The standard InChI is InChI=1S/C34H30N4O3/c1-37-28-19-11-10-18-27(28)31(32(37)24-14-6-3-7-15-24)33-25-16-8-9-17-26(25)34(41)38(33)22-30(40)36-35-29(39)21-20-23-12-4-2-5-13-23/h2-19,33H,20-22H2,1H3,(H,35,39)(H,36,40). The van der Waals surface area contributed by atoms with Crippen molar-refractivity contribution < 1.29 is 14.4 Å². The summed E-state index contributed by atoms with van der Waals surface area (Å²) in [6.45, 7) is -0.214. The molecule has 3 amide bonds. The van der Waals surface area contributed by atoms with Gasteiger partial charge in [-0.2, -0.15) is 0 Å². The molecule has 0 saturated carbocycles. The monoisotopic (exact) mass is 542 g/mol. The van der Waals surface area contributed by atoms with E-state index in [2.05, 4.69) is 39.7 Å². The largest absolute Gasteiger partial charge is 0.343 e. The van der Waals surface area contributed by atoms with Crippen LogP contribution in [0.5, 0.6) is 0 Å². The lowest BCUT2D eigenvalue weighted by atomic mass is 9.93. The Balaban J connectivity index is 1.31. The number of nitrogens with one attached hydrogen (secondary N) is 2. The van der Waals surface area contributed by atoms with Crippen molar-refractivity contribution in [2.75, 3.05) is 6.54 Å². The van der Waals surface area contributed by atoms with Crippen LogP contribution in [0.25, 0.3) is 22.2 Å². The number of hydrogen-bond donors (Lipinski definition) is 2. The van der Waals surface area contributed by atoms with Gasteiger partial charge in [-0.3, -0.25) is 25.2 Å². The van der Waals surface area contributed by atoms with Gasteiger partial charge in [-0.15, -0.1) is 0 Å². The molecule has 204 valence electrons. The van der Waals surface area contributed by atoms with E-state index in [1.165, 1.54) is 0 Å². The number of benzene rings is 4. The quantitative estimate of drug-likeness (QED) is 0.278. The minimum atomic E-state index is -0.487. The molecular formula is C34H30N4O3. The molecule has 1 unspecified atom stereocenters. The van der Waals surface area contributed by atoms with Gasteiger partial charge in [0, 0.05) is 35.5 Å². The Morgan fingerprint density at radius 1 is 0.756 bits per heavy atom. The Bertz CT molecular complexity index is 1740. The second-order valence-corrected chi connectivity index (χ2v) is 10.2. The first-order valence-electron chi connectivity index (χ1n) is 13.7. The summed E-state index contributed by atoms with van der Waals surface area (Å²) in [5.74, 6) is -0.982. The van der Waals surface area contributed by atoms with Gasteiger partial charge in [0.2, 0.25) is 5.91 Å². The normalized spacial score (nSPS) is 14.2. The van der Waals surface area contributed by atoms with Gasteiger partial charge in [0.25, 0.3) is 11.8 Å². The van der Waals surface area contributed by atoms with Crippen molar-refractivity contribution in [3.05, 3.63) is 131 Å². The third-order valence-electron chi connectivity index (χ3n) is 7.66. The fourth-order valence-electron chi connectivity index (χ4n) is 5.79. The van der Waals surface area contributed by atoms with E-state index in [0.29, 0.717) is 12.0 Å². The van der Waals surface area contributed by atoms with Gasteiger partial charge in [0.15, 0.2) is 0 Å². The number of amides is 3. The summed E-state index contributed by atoms with van der Waals surface area (Å²) >= 11 is 0. The van der Waals surface area contributed by atoms with Crippen molar-refractivity contribution in [1.82, 2.24) is 20.3 Å². The van der Waals surface area contributed by atoms with E-state index < -0.39 is 11.9 Å². The summed E-state index contributed by atoms with van der Waals surface area (Å²) in [7, 11) is 2.03. The molecule has 7 heteroatoms. The van der Waals surface area contributed by atoms with Crippen molar-refractivity contribution in [3.8, 4) is 11.3 Å². The molecule has 5 aromatic rings. The van der Waals surface area contributed by atoms with Crippen LogP contribution in [0, 0.1) is 0 Å². The van der Waals surface area contributed by atoms with Gasteiger partial charge in [-0.1, -0.05) is 97.1 Å². The van der Waals surface area contributed by atoms with Crippen molar-refractivity contribution in [3.63, 3.8) is 0 Å². The number of aryl methyl sites for hydroxylation is 2. The second-order valence-electron chi connectivity index (χ2n) is 10.2. The maximum absolute atomic E-state index is 13.8. The molecule has 0 spiro atoms. The van der Waals surface area contributed by atoms with Crippen LogP contribution in [0.3, 0.4) is 0 Å². The van der Waals surface area contributed by atoms with Crippen LogP contribution in [0.1, 0.15) is 39.5 Å². The van der Waals surface area contributed by atoms with E-state index in [1.807, 2.05) is 85.9 Å². The van der Waals surface area contributed by atoms with Crippen molar-refractivity contribution in [2.45, 2.75) is 18.9 Å². The second kappa shape index (κ2) is 11.1. The molecule has 1 aliphatic heterocycles. The predicted octanol–water partition coefficient (Wildman–Crippen LogP) is 5.17. The lowest BCUT2D eigenvalue weighted by molar-refractivity contribution is -0.129. The molecule has 2 N–H and O–H groups in total. The number of hydrazine groups is 1. The zero-order valence-electron chi connectivity index (χ0n) is 22.7. The van der Waals surface area contributed by atoms with E-state index in [0.717, 1.165) is 38.9 Å². The fraction of sp³-hybridized carbons (Fsp3) is 0.147. The first kappa shape index (κ1) is 26.1. The molecule has 7 nitrogen and oxygen atoms in total. The molecule has 0 radical (unpaired) electrons. The number of hydrogen-bond acceptors (Lipinski definition) is 3. The number of carbonyl (C=O) groups is 3. The minimum Gasteiger partial charge on any atom is -0.343 e. The maximum atomic E-state index is 13.8. The summed E-state index contributed by atoms with van der Waals surface area (Å²) in [6, 6.07) is 34.9. The number of aromatic nitrogens is 1. The average Bonchev–Trinajstić information content (AvgIpc) is 3.46. The summed E-state index contributed by atoms with van der Waals surface area (Å²) in [5, 5.41) is 1.02. The topological polar surface area (TPSA) is 83.4 Å². The Morgan fingerprint density at radius 3 is 2.17 bits per heavy atom. The van der Waals surface area contributed by atoms with Gasteiger partial charge >= 0.3 is 0 Å². The van der Waals surface area contributed by atoms with E-state index in [-0.39, 0.29) is 24.8 Å². The van der Waals surface area contributed by atoms with Crippen LogP contribution in [0.4, 0.5) is 0 Å². The minimum absolute atomic E-state index is 0.214. The molecule has 1 atom stereocenters. The molecule has 1 aromatic heterocycles. The Labute approximate surface area is 238 Å². The molecule has 0 bridgehead atoms. The number of rotatable bonds is 7. The van der Waals surface area contributed by atoms with Gasteiger partial charge in [-0.25, -0.2) is 0 Å². The maximum Gasteiger partial charge on any atom is 0.258 e. The highest BCUT2D eigenvalue weighted by atomic mass is 16.2. The SMILES string of the molecule is Cn1c(-c2ccccc2)c(C2c3ccccc3C(=O)N2CC(=O)NNC(=O)CCc2ccccc2)c2ccccc21. The summed E-state index contributed by atoms with van der Waals surface area (Å²) < 4.78 is 2.15. The molecule has 6 rings (SSSR count). The highest BCUT2D eigenvalue weighted by molar-refractivity contribution is 6.04. The van der Waals surface area contributed by atoms with E-state index in [4.69, 9.17) is 0 Å². The average molecular weight is 543 g/mol. The highest BCUT2D eigenvalue weighted by Gasteiger charge is 2.41. The number of nitrogens with zero attached hydrogens (tertiary/aromatic N) is 2. The van der Waals surface area contributed by atoms with Crippen molar-refractivity contribution in [2.24, 2.45) is 7.05 Å². The van der Waals surface area contributed by atoms with Gasteiger partial charge < -0.3 is 9.47 Å². The van der Waals surface area contributed by atoms with E-state index in [9.17, 15) is 14.4 Å². The summed E-state index contributed by atoms with van der Waals surface area (Å²) in [6.07, 6.45) is 0.797. The first-order chi connectivity index (χ1) is 20.0. The van der Waals surface area contributed by atoms with Gasteiger partial charge in [0.1, 0.15) is 6.54 Å². The van der Waals surface area contributed by atoms with Crippen LogP contribution in [0.15, 0.2) is 109 Å². The zero-order valence-corrected chi connectivity index (χ0v) is 22.7. The lowest BCUT2D eigenvalue weighted by Gasteiger charge is -2.26. The molecule has 1 aliphatic rings. The molecule has 0 saturated heterocycles. The van der Waals surface area contributed by atoms with Crippen LogP contribution in [-0.4, -0.2) is 33.7 Å². The molecule has 0 aliphatic carbocycles. The summed E-state index contributed by atoms with van der Waals surface area (Å²) in [4.78, 5) is 40.9. The van der Waals surface area contributed by atoms with Gasteiger partial charge in [-0.05, 0) is 35.2 Å². The molecular weight excluding hydrogens is 512 g/mol. The Hall–Kier alpha value is -5.17. The smallest absolute Gasteiger partial charge is 0.258 e. The Kier molecular flexibility index (Phi) is 7.08. The summed E-state index contributed by atoms with van der Waals surface area (Å²) in [5.41, 5.74) is 11.5. The van der Waals surface area contributed by atoms with Crippen LogP contribution in [0.2, 0.25) is 0 Å². The van der Waals surface area contributed by atoms with E-state index >= 15 is 0 Å². The third-order valence-corrected chi connectivity index (χ3v) is 7.66. The molecule has 41 heavy (non-hydrogen) atoms. The Morgan fingerprint density at radius 2 is 1.39 bits per heavy atom. The molecule has 4 aromatic carbocycles. The van der Waals surface area contributed by atoms with Crippen LogP contribution >= 0.6 is 0 Å². The van der Waals surface area contributed by atoms with Crippen LogP contribution < -0.4 is 10.9 Å². The molecule has 2 heterocycles. The number of para-hydroxylation sites is 1. The van der Waals surface area contributed by atoms with E-state index in [1.54, 1.807) is 11.0 Å². The lowest BCUT2D eigenvalue weighted by Crippen LogP contribution is -2.47. The van der Waals surface area contributed by atoms with Crippen molar-refractivity contribution in [1.29, 1.82) is 0 Å². The predicted molar refractivity (Wildman–Crippen MR) is 159 cm³/mol. The highest BCUT2D eigenvalue weighted by Crippen LogP contribution is 2.46. The number of fused-ring (bicyclic) bond motifs is 2. The number of carbonyl (C=O) groups excluding carboxylic acids is 3. The molecule has 0 fully saturated rings. The van der Waals surface area contributed by atoms with Crippen molar-refractivity contribution >= 4 is 28.6 Å². The zero-order chi connectivity index (χ0) is 28.3. The third kappa shape index (κ3) is 4.98.